The summed E-state index contributed by atoms with van der Waals surface area (Å²) in [6, 6.07) is 0. The highest BCUT2D eigenvalue weighted by Crippen LogP contribution is 2.09. The van der Waals surface area contributed by atoms with E-state index in [0.29, 0.717) is 35.8 Å². The number of thioether (sulfide) groups is 1. The fraction of sp³-hybridized carbons (Fsp3) is 0.615. The third kappa shape index (κ3) is 5.06. The van der Waals surface area contributed by atoms with Gasteiger partial charge in [0, 0.05) is 24.2 Å². The highest BCUT2D eigenvalue weighted by atomic mass is 32.2. The summed E-state index contributed by atoms with van der Waals surface area (Å²) in [4.78, 5) is 30.4. The van der Waals surface area contributed by atoms with Crippen molar-refractivity contribution in [2.75, 3.05) is 12.8 Å². The maximum atomic E-state index is 11.9. The zero-order chi connectivity index (χ0) is 14.3. The van der Waals surface area contributed by atoms with E-state index in [9.17, 15) is 9.59 Å². The minimum absolute atomic E-state index is 0.0128. The second kappa shape index (κ2) is 7.99. The SMILES string of the molecule is CCCCNC(=O)CCc1c(C)nc(SC)[nH]c1=O. The molecule has 0 spiro atoms. The summed E-state index contributed by atoms with van der Waals surface area (Å²) in [5.74, 6) is -0.0128. The van der Waals surface area contributed by atoms with E-state index >= 15 is 0 Å². The topological polar surface area (TPSA) is 74.8 Å². The Morgan fingerprint density at radius 1 is 1.47 bits per heavy atom. The van der Waals surface area contributed by atoms with Crippen LogP contribution in [0.3, 0.4) is 0 Å². The quantitative estimate of drug-likeness (QED) is 0.453. The van der Waals surface area contributed by atoms with Crippen LogP contribution in [-0.4, -0.2) is 28.7 Å². The standard InChI is InChI=1S/C13H21N3O2S/c1-4-5-8-14-11(17)7-6-10-9(2)15-13(19-3)16-12(10)18/h4-8H2,1-3H3,(H,14,17)(H,15,16,18). The Labute approximate surface area is 117 Å². The monoisotopic (exact) mass is 283 g/mol. The number of aromatic nitrogens is 2. The summed E-state index contributed by atoms with van der Waals surface area (Å²) in [6.45, 7) is 4.58. The van der Waals surface area contributed by atoms with Crippen LogP contribution in [-0.2, 0) is 11.2 Å². The number of amides is 1. The molecule has 1 amide bonds. The van der Waals surface area contributed by atoms with Gasteiger partial charge in [0.25, 0.3) is 5.56 Å². The molecule has 0 aromatic carbocycles. The minimum atomic E-state index is -0.141. The van der Waals surface area contributed by atoms with Crippen LogP contribution in [0.5, 0.6) is 0 Å². The molecule has 6 heteroatoms. The Morgan fingerprint density at radius 2 is 2.21 bits per heavy atom. The molecule has 19 heavy (non-hydrogen) atoms. The summed E-state index contributed by atoms with van der Waals surface area (Å²) in [5, 5.41) is 3.45. The van der Waals surface area contributed by atoms with Crippen molar-refractivity contribution >= 4 is 17.7 Å². The first-order valence-corrected chi connectivity index (χ1v) is 7.71. The van der Waals surface area contributed by atoms with Gasteiger partial charge < -0.3 is 10.3 Å². The van der Waals surface area contributed by atoms with E-state index in [1.54, 1.807) is 6.92 Å². The molecule has 5 nitrogen and oxygen atoms in total. The lowest BCUT2D eigenvalue weighted by Gasteiger charge is -2.06. The van der Waals surface area contributed by atoms with Crippen LogP contribution in [0.1, 0.15) is 37.4 Å². The number of rotatable bonds is 7. The fourth-order valence-corrected chi connectivity index (χ4v) is 2.13. The molecule has 0 radical (unpaired) electrons. The van der Waals surface area contributed by atoms with Gasteiger partial charge in [-0.1, -0.05) is 25.1 Å². The number of carbonyl (C=O) groups is 1. The van der Waals surface area contributed by atoms with Gasteiger partial charge in [-0.3, -0.25) is 9.59 Å². The van der Waals surface area contributed by atoms with Crippen molar-refractivity contribution in [1.29, 1.82) is 0 Å². The van der Waals surface area contributed by atoms with Crippen LogP contribution in [0.2, 0.25) is 0 Å². The number of nitrogens with zero attached hydrogens (tertiary/aromatic N) is 1. The number of H-pyrrole nitrogens is 1. The third-order valence-electron chi connectivity index (χ3n) is 2.85. The first kappa shape index (κ1) is 15.8. The predicted octanol–water partition coefficient (Wildman–Crippen LogP) is 1.65. The molecule has 1 heterocycles. The molecule has 106 valence electrons. The number of nitrogens with one attached hydrogen (secondary N) is 2. The second-order valence-electron chi connectivity index (χ2n) is 4.34. The third-order valence-corrected chi connectivity index (χ3v) is 3.43. The van der Waals surface area contributed by atoms with E-state index in [-0.39, 0.29) is 11.5 Å². The molecule has 0 unspecified atom stereocenters. The number of aromatic amines is 1. The van der Waals surface area contributed by atoms with Crippen LogP contribution < -0.4 is 10.9 Å². The molecule has 0 bridgehead atoms. The van der Waals surface area contributed by atoms with E-state index in [4.69, 9.17) is 0 Å². The average Bonchev–Trinajstić information content (AvgIpc) is 2.37. The van der Waals surface area contributed by atoms with Crippen molar-refractivity contribution in [3.8, 4) is 0 Å². The van der Waals surface area contributed by atoms with Crippen molar-refractivity contribution in [1.82, 2.24) is 15.3 Å². The van der Waals surface area contributed by atoms with Crippen LogP contribution in [0.15, 0.2) is 9.95 Å². The first-order chi connectivity index (χ1) is 9.08. The van der Waals surface area contributed by atoms with Gasteiger partial charge in [0.2, 0.25) is 5.91 Å². The molecule has 1 aromatic rings. The van der Waals surface area contributed by atoms with Crippen molar-refractivity contribution in [3.05, 3.63) is 21.6 Å². The molecule has 0 aliphatic carbocycles. The normalized spacial score (nSPS) is 10.5. The number of unbranched alkanes of at least 4 members (excludes halogenated alkanes) is 1. The molecular weight excluding hydrogens is 262 g/mol. The summed E-state index contributed by atoms with van der Waals surface area (Å²) >= 11 is 1.40. The van der Waals surface area contributed by atoms with Gasteiger partial charge in [0.05, 0.1) is 0 Å². The molecule has 0 aliphatic rings. The number of aryl methyl sites for hydroxylation is 1. The van der Waals surface area contributed by atoms with Gasteiger partial charge in [-0.25, -0.2) is 4.98 Å². The van der Waals surface area contributed by atoms with E-state index in [1.807, 2.05) is 6.26 Å². The van der Waals surface area contributed by atoms with Crippen LogP contribution in [0.25, 0.3) is 0 Å². The van der Waals surface area contributed by atoms with Crippen molar-refractivity contribution in [2.24, 2.45) is 0 Å². The molecule has 0 saturated heterocycles. The Balaban J connectivity index is 2.58. The highest BCUT2D eigenvalue weighted by Gasteiger charge is 2.10. The van der Waals surface area contributed by atoms with E-state index < -0.39 is 0 Å². The van der Waals surface area contributed by atoms with E-state index in [0.717, 1.165) is 12.8 Å². The van der Waals surface area contributed by atoms with Crippen LogP contribution in [0.4, 0.5) is 0 Å². The first-order valence-electron chi connectivity index (χ1n) is 6.49. The van der Waals surface area contributed by atoms with Gasteiger partial charge in [0.15, 0.2) is 5.16 Å². The van der Waals surface area contributed by atoms with Crippen molar-refractivity contribution < 1.29 is 4.79 Å². The Bertz CT molecular complexity index is 485. The second-order valence-corrected chi connectivity index (χ2v) is 5.14. The molecular formula is C13H21N3O2S. The summed E-state index contributed by atoms with van der Waals surface area (Å²) in [6.07, 6.45) is 4.65. The smallest absolute Gasteiger partial charge is 0.254 e. The predicted molar refractivity (Wildman–Crippen MR) is 77.6 cm³/mol. The Hall–Kier alpha value is -1.30. The van der Waals surface area contributed by atoms with Crippen LogP contribution in [0, 0.1) is 6.92 Å². The largest absolute Gasteiger partial charge is 0.356 e. The van der Waals surface area contributed by atoms with E-state index in [1.165, 1.54) is 11.8 Å². The molecule has 0 saturated carbocycles. The summed E-state index contributed by atoms with van der Waals surface area (Å²) in [5.41, 5.74) is 1.16. The molecule has 2 N–H and O–H groups in total. The zero-order valence-corrected chi connectivity index (χ0v) is 12.5. The summed E-state index contributed by atoms with van der Waals surface area (Å²) < 4.78 is 0. The van der Waals surface area contributed by atoms with Crippen molar-refractivity contribution in [3.63, 3.8) is 0 Å². The fourth-order valence-electron chi connectivity index (χ4n) is 1.71. The molecule has 1 aromatic heterocycles. The molecule has 0 fully saturated rings. The summed E-state index contributed by atoms with van der Waals surface area (Å²) in [7, 11) is 0. The lowest BCUT2D eigenvalue weighted by molar-refractivity contribution is -0.121. The van der Waals surface area contributed by atoms with Gasteiger partial charge in [-0.15, -0.1) is 0 Å². The number of carbonyl (C=O) groups excluding carboxylic acids is 1. The highest BCUT2D eigenvalue weighted by molar-refractivity contribution is 7.98. The lowest BCUT2D eigenvalue weighted by atomic mass is 10.1. The molecule has 0 aliphatic heterocycles. The van der Waals surface area contributed by atoms with Gasteiger partial charge in [0.1, 0.15) is 0 Å². The minimum Gasteiger partial charge on any atom is -0.356 e. The zero-order valence-electron chi connectivity index (χ0n) is 11.7. The number of hydrogen-bond acceptors (Lipinski definition) is 4. The van der Waals surface area contributed by atoms with Gasteiger partial charge in [-0.05, 0) is 26.0 Å². The van der Waals surface area contributed by atoms with Gasteiger partial charge in [-0.2, -0.15) is 0 Å². The Kier molecular flexibility index (Phi) is 6.62. The van der Waals surface area contributed by atoms with Gasteiger partial charge >= 0.3 is 0 Å². The molecule has 0 atom stereocenters. The Morgan fingerprint density at radius 3 is 2.79 bits per heavy atom. The maximum Gasteiger partial charge on any atom is 0.254 e. The molecule has 1 rings (SSSR count). The van der Waals surface area contributed by atoms with E-state index in [2.05, 4.69) is 22.2 Å². The lowest BCUT2D eigenvalue weighted by Crippen LogP contribution is -2.26. The number of hydrogen-bond donors (Lipinski definition) is 2. The van der Waals surface area contributed by atoms with Crippen molar-refractivity contribution in [2.45, 2.75) is 44.7 Å². The maximum absolute atomic E-state index is 11.9. The average molecular weight is 283 g/mol. The van der Waals surface area contributed by atoms with Crippen LogP contribution >= 0.6 is 11.8 Å².